The van der Waals surface area contributed by atoms with Gasteiger partial charge in [0.25, 0.3) is 0 Å². The van der Waals surface area contributed by atoms with Crippen LogP contribution < -0.4 is 5.73 Å². The summed E-state index contributed by atoms with van der Waals surface area (Å²) in [6, 6.07) is 0. The normalized spacial score (nSPS) is 16.6. The molecule has 1 saturated carbocycles. The number of nitrogens with zero attached hydrogens (tertiary/aromatic N) is 1. The van der Waals surface area contributed by atoms with Crippen LogP contribution in [0.4, 0.5) is 5.69 Å². The van der Waals surface area contributed by atoms with Gasteiger partial charge < -0.3 is 10.5 Å². The van der Waals surface area contributed by atoms with Crippen LogP contribution in [0.2, 0.25) is 0 Å². The first kappa shape index (κ1) is 12.4. The molecular formula is C14H22N2O. The molecule has 0 atom stereocenters. The first-order valence-electron chi connectivity index (χ1n) is 6.46. The van der Waals surface area contributed by atoms with E-state index in [1.165, 1.54) is 25.7 Å². The van der Waals surface area contributed by atoms with Crippen LogP contribution in [0.1, 0.15) is 42.5 Å². The summed E-state index contributed by atoms with van der Waals surface area (Å²) in [5.41, 5.74) is 9.92. The fourth-order valence-corrected chi connectivity index (χ4v) is 2.44. The number of anilines is 1. The number of nitrogen functional groups attached to an aromatic ring is 1. The number of hydrogen-bond acceptors (Lipinski definition) is 3. The molecule has 0 radical (unpaired) electrons. The SMILES string of the molecule is Cc1cnc(COCC2CCCC2)c(C)c1N. The Labute approximate surface area is 103 Å². The molecule has 2 N–H and O–H groups in total. The molecule has 0 aliphatic heterocycles. The van der Waals surface area contributed by atoms with Crippen molar-refractivity contribution in [3.8, 4) is 0 Å². The molecular weight excluding hydrogens is 212 g/mol. The van der Waals surface area contributed by atoms with E-state index < -0.39 is 0 Å². The number of ether oxygens (including phenoxy) is 1. The maximum absolute atomic E-state index is 5.98. The molecule has 3 nitrogen and oxygen atoms in total. The van der Waals surface area contributed by atoms with E-state index in [9.17, 15) is 0 Å². The zero-order valence-electron chi connectivity index (χ0n) is 10.8. The fraction of sp³-hybridized carbons (Fsp3) is 0.643. The van der Waals surface area contributed by atoms with Gasteiger partial charge in [-0.05, 0) is 43.7 Å². The van der Waals surface area contributed by atoms with E-state index >= 15 is 0 Å². The first-order chi connectivity index (χ1) is 8.18. The Morgan fingerprint density at radius 3 is 2.76 bits per heavy atom. The van der Waals surface area contributed by atoms with Crippen molar-refractivity contribution in [2.24, 2.45) is 5.92 Å². The summed E-state index contributed by atoms with van der Waals surface area (Å²) in [5, 5.41) is 0. The number of aryl methyl sites for hydroxylation is 1. The van der Waals surface area contributed by atoms with Gasteiger partial charge in [0.05, 0.1) is 12.3 Å². The number of hydrogen-bond donors (Lipinski definition) is 1. The second-order valence-electron chi connectivity index (χ2n) is 5.09. The van der Waals surface area contributed by atoms with E-state index in [0.29, 0.717) is 6.61 Å². The van der Waals surface area contributed by atoms with Crippen molar-refractivity contribution in [2.75, 3.05) is 12.3 Å². The summed E-state index contributed by atoms with van der Waals surface area (Å²) >= 11 is 0. The van der Waals surface area contributed by atoms with Crippen molar-refractivity contribution in [3.05, 3.63) is 23.0 Å². The quantitative estimate of drug-likeness (QED) is 0.871. The molecule has 1 heterocycles. The Morgan fingerprint density at radius 1 is 1.35 bits per heavy atom. The van der Waals surface area contributed by atoms with Gasteiger partial charge in [-0.15, -0.1) is 0 Å². The predicted octanol–water partition coefficient (Wildman–Crippen LogP) is 2.99. The van der Waals surface area contributed by atoms with Gasteiger partial charge in [-0.2, -0.15) is 0 Å². The average Bonchev–Trinajstić information content (AvgIpc) is 2.82. The van der Waals surface area contributed by atoms with E-state index in [-0.39, 0.29) is 0 Å². The maximum Gasteiger partial charge on any atom is 0.0891 e. The monoisotopic (exact) mass is 234 g/mol. The van der Waals surface area contributed by atoms with E-state index in [1.807, 2.05) is 20.0 Å². The lowest BCUT2D eigenvalue weighted by atomic mass is 10.1. The largest absolute Gasteiger partial charge is 0.398 e. The lowest BCUT2D eigenvalue weighted by Crippen LogP contribution is -2.08. The lowest BCUT2D eigenvalue weighted by molar-refractivity contribution is 0.0864. The van der Waals surface area contributed by atoms with Crippen LogP contribution in [0.15, 0.2) is 6.20 Å². The van der Waals surface area contributed by atoms with Crippen LogP contribution in [0.5, 0.6) is 0 Å². The summed E-state index contributed by atoms with van der Waals surface area (Å²) in [6.45, 7) is 5.46. The molecule has 1 aromatic heterocycles. The topological polar surface area (TPSA) is 48.1 Å². The lowest BCUT2D eigenvalue weighted by Gasteiger charge is -2.12. The van der Waals surface area contributed by atoms with Gasteiger partial charge in [0.15, 0.2) is 0 Å². The zero-order chi connectivity index (χ0) is 12.3. The number of aromatic nitrogens is 1. The Morgan fingerprint density at radius 2 is 2.06 bits per heavy atom. The van der Waals surface area contributed by atoms with Crippen molar-refractivity contribution >= 4 is 5.69 Å². The summed E-state index contributed by atoms with van der Waals surface area (Å²) in [6.07, 6.45) is 7.20. The number of nitrogens with two attached hydrogens (primary N) is 1. The molecule has 1 aliphatic carbocycles. The van der Waals surface area contributed by atoms with Gasteiger partial charge in [0, 0.05) is 18.5 Å². The van der Waals surface area contributed by atoms with Crippen LogP contribution in [0.3, 0.4) is 0 Å². The molecule has 17 heavy (non-hydrogen) atoms. The highest BCUT2D eigenvalue weighted by molar-refractivity contribution is 5.53. The van der Waals surface area contributed by atoms with Crippen molar-refractivity contribution in [1.29, 1.82) is 0 Å². The van der Waals surface area contributed by atoms with E-state index in [4.69, 9.17) is 10.5 Å². The van der Waals surface area contributed by atoms with Gasteiger partial charge in [0.2, 0.25) is 0 Å². The van der Waals surface area contributed by atoms with Crippen molar-refractivity contribution in [2.45, 2.75) is 46.1 Å². The number of rotatable bonds is 4. The highest BCUT2D eigenvalue weighted by atomic mass is 16.5. The Bertz CT molecular complexity index is 384. The second-order valence-corrected chi connectivity index (χ2v) is 5.09. The molecule has 0 unspecified atom stereocenters. The van der Waals surface area contributed by atoms with Crippen LogP contribution in [-0.2, 0) is 11.3 Å². The molecule has 0 aromatic carbocycles. The Hall–Kier alpha value is -1.09. The third-order valence-electron chi connectivity index (χ3n) is 3.74. The standard InChI is InChI=1S/C14H22N2O/c1-10-7-16-13(11(2)14(10)15)9-17-8-12-5-3-4-6-12/h7,12H,3-6,8-9H2,1-2H3,(H2,15,16). The third-order valence-corrected chi connectivity index (χ3v) is 3.74. The molecule has 1 aromatic rings. The van der Waals surface area contributed by atoms with Gasteiger partial charge in [-0.3, -0.25) is 4.98 Å². The van der Waals surface area contributed by atoms with Gasteiger partial charge in [0.1, 0.15) is 0 Å². The minimum Gasteiger partial charge on any atom is -0.398 e. The predicted molar refractivity (Wildman–Crippen MR) is 69.7 cm³/mol. The molecule has 0 amide bonds. The molecule has 1 fully saturated rings. The van der Waals surface area contributed by atoms with E-state index in [2.05, 4.69) is 4.98 Å². The van der Waals surface area contributed by atoms with Crippen molar-refractivity contribution in [1.82, 2.24) is 4.98 Å². The molecule has 0 bridgehead atoms. The van der Waals surface area contributed by atoms with Gasteiger partial charge >= 0.3 is 0 Å². The minimum absolute atomic E-state index is 0.590. The fourth-order valence-electron chi connectivity index (χ4n) is 2.44. The molecule has 94 valence electrons. The van der Waals surface area contributed by atoms with Crippen LogP contribution in [0.25, 0.3) is 0 Å². The zero-order valence-corrected chi connectivity index (χ0v) is 10.8. The first-order valence-corrected chi connectivity index (χ1v) is 6.46. The summed E-state index contributed by atoms with van der Waals surface area (Å²) in [4.78, 5) is 4.40. The van der Waals surface area contributed by atoms with Crippen molar-refractivity contribution in [3.63, 3.8) is 0 Å². The molecule has 0 spiro atoms. The Balaban J connectivity index is 1.88. The number of pyridine rings is 1. The molecule has 2 rings (SSSR count). The average molecular weight is 234 g/mol. The molecule has 3 heteroatoms. The molecule has 1 aliphatic rings. The summed E-state index contributed by atoms with van der Waals surface area (Å²) in [7, 11) is 0. The highest BCUT2D eigenvalue weighted by Crippen LogP contribution is 2.25. The summed E-state index contributed by atoms with van der Waals surface area (Å²) < 4.78 is 5.76. The Kier molecular flexibility index (Phi) is 4.00. The minimum atomic E-state index is 0.590. The van der Waals surface area contributed by atoms with Crippen LogP contribution in [0, 0.1) is 19.8 Å². The maximum atomic E-state index is 5.98. The van der Waals surface area contributed by atoms with E-state index in [1.54, 1.807) is 0 Å². The van der Waals surface area contributed by atoms with Crippen LogP contribution in [-0.4, -0.2) is 11.6 Å². The van der Waals surface area contributed by atoms with Crippen LogP contribution >= 0.6 is 0 Å². The summed E-state index contributed by atoms with van der Waals surface area (Å²) in [5.74, 6) is 0.762. The highest BCUT2D eigenvalue weighted by Gasteiger charge is 2.15. The second kappa shape index (κ2) is 5.50. The molecule has 0 saturated heterocycles. The van der Waals surface area contributed by atoms with Crippen molar-refractivity contribution < 1.29 is 4.74 Å². The van der Waals surface area contributed by atoms with E-state index in [0.717, 1.165) is 35.0 Å². The smallest absolute Gasteiger partial charge is 0.0891 e. The van der Waals surface area contributed by atoms with Gasteiger partial charge in [-0.25, -0.2) is 0 Å². The third kappa shape index (κ3) is 2.97. The van der Waals surface area contributed by atoms with Gasteiger partial charge in [-0.1, -0.05) is 12.8 Å².